The molecule has 1 N–H and O–H groups in total. The number of rotatable bonds is 1. The van der Waals surface area contributed by atoms with Crippen LogP contribution in [0.3, 0.4) is 0 Å². The highest BCUT2D eigenvalue weighted by molar-refractivity contribution is 5.93. The van der Waals surface area contributed by atoms with Crippen molar-refractivity contribution < 1.29 is 4.79 Å². The molecular weight excluding hydrogens is 204 g/mol. The third kappa shape index (κ3) is 1.87. The Hall–Kier alpha value is -1.58. The molecule has 1 fully saturated rings. The molecule has 1 saturated heterocycles. The van der Waals surface area contributed by atoms with Gasteiger partial charge in [-0.3, -0.25) is 9.59 Å². The minimum atomic E-state index is -0.212. The molecule has 2 rings (SSSR count). The van der Waals surface area contributed by atoms with Crippen molar-refractivity contribution >= 4 is 5.91 Å². The second kappa shape index (κ2) is 4.12. The number of hydrogen-bond acceptors (Lipinski definition) is 2. The zero-order valence-corrected chi connectivity index (χ0v) is 9.56. The van der Waals surface area contributed by atoms with E-state index in [2.05, 4.69) is 18.8 Å². The van der Waals surface area contributed by atoms with Crippen LogP contribution in [0.5, 0.6) is 0 Å². The number of carbonyl (C=O) groups is 1. The van der Waals surface area contributed by atoms with Crippen molar-refractivity contribution in [3.05, 3.63) is 34.2 Å². The van der Waals surface area contributed by atoms with Gasteiger partial charge in [0.05, 0.1) is 0 Å². The molecule has 2 unspecified atom stereocenters. The van der Waals surface area contributed by atoms with Crippen LogP contribution in [0.2, 0.25) is 0 Å². The first kappa shape index (κ1) is 10.9. The molecule has 1 aromatic rings. The van der Waals surface area contributed by atoms with Gasteiger partial charge in [0.25, 0.3) is 5.91 Å². The van der Waals surface area contributed by atoms with Crippen LogP contribution in [0.25, 0.3) is 0 Å². The molecule has 0 radical (unpaired) electrons. The van der Waals surface area contributed by atoms with E-state index in [1.165, 1.54) is 18.5 Å². The summed E-state index contributed by atoms with van der Waals surface area (Å²) in [7, 11) is 0. The van der Waals surface area contributed by atoms with Crippen LogP contribution in [-0.4, -0.2) is 28.9 Å². The quantitative estimate of drug-likeness (QED) is 0.770. The number of H-pyrrole nitrogens is 1. The average molecular weight is 220 g/mol. The molecule has 16 heavy (non-hydrogen) atoms. The molecule has 86 valence electrons. The summed E-state index contributed by atoms with van der Waals surface area (Å²) >= 11 is 0. The molecule has 4 nitrogen and oxygen atoms in total. The highest BCUT2D eigenvalue weighted by atomic mass is 16.2. The van der Waals surface area contributed by atoms with Crippen molar-refractivity contribution in [1.82, 2.24) is 9.88 Å². The van der Waals surface area contributed by atoms with E-state index in [1.807, 2.05) is 0 Å². The van der Waals surface area contributed by atoms with Crippen molar-refractivity contribution in [3.63, 3.8) is 0 Å². The Morgan fingerprint density at radius 1 is 1.38 bits per heavy atom. The molecule has 1 amide bonds. The number of likely N-dealkylation sites (tertiary alicyclic amines) is 1. The summed E-state index contributed by atoms with van der Waals surface area (Å²) in [5.41, 5.74) is 0.0276. The predicted molar refractivity (Wildman–Crippen MR) is 61.3 cm³/mol. The molecule has 0 aromatic carbocycles. The first-order valence-electron chi connectivity index (χ1n) is 5.56. The summed E-state index contributed by atoms with van der Waals surface area (Å²) in [4.78, 5) is 28.1. The molecule has 1 aromatic heterocycles. The lowest BCUT2D eigenvalue weighted by molar-refractivity contribution is 0.0783. The van der Waals surface area contributed by atoms with Gasteiger partial charge in [-0.05, 0) is 11.8 Å². The molecule has 0 aliphatic carbocycles. The fraction of sp³-hybridized carbons (Fsp3) is 0.500. The zero-order valence-electron chi connectivity index (χ0n) is 9.56. The number of pyridine rings is 1. The fourth-order valence-corrected chi connectivity index (χ4v) is 2.05. The third-order valence-electron chi connectivity index (χ3n) is 3.33. The van der Waals surface area contributed by atoms with Crippen LogP contribution in [0, 0.1) is 11.8 Å². The molecule has 0 bridgehead atoms. The van der Waals surface area contributed by atoms with Crippen LogP contribution >= 0.6 is 0 Å². The summed E-state index contributed by atoms with van der Waals surface area (Å²) in [6, 6.07) is 1.39. The molecule has 4 heteroatoms. The number of amides is 1. The van der Waals surface area contributed by atoms with E-state index < -0.39 is 0 Å². The van der Waals surface area contributed by atoms with Crippen LogP contribution in [0.15, 0.2) is 23.3 Å². The van der Waals surface area contributed by atoms with E-state index in [0.29, 0.717) is 11.8 Å². The van der Waals surface area contributed by atoms with Gasteiger partial charge < -0.3 is 9.88 Å². The standard InChI is InChI=1S/C12H16N2O2/c1-8-6-14(7-9(8)2)12(16)10-5-13-4-3-11(10)15/h3-5,8-9H,6-7H2,1-2H3,(H,13,15). The Kier molecular flexibility index (Phi) is 2.81. The Labute approximate surface area is 94.3 Å². The van der Waals surface area contributed by atoms with E-state index in [4.69, 9.17) is 0 Å². The van der Waals surface area contributed by atoms with Gasteiger partial charge in [0.2, 0.25) is 0 Å². The van der Waals surface area contributed by atoms with E-state index in [9.17, 15) is 9.59 Å². The first-order chi connectivity index (χ1) is 7.59. The minimum absolute atomic E-state index is 0.155. The maximum atomic E-state index is 12.1. The molecule has 1 aliphatic heterocycles. The summed E-state index contributed by atoms with van der Waals surface area (Å²) in [5, 5.41) is 0. The van der Waals surface area contributed by atoms with E-state index in [1.54, 1.807) is 4.90 Å². The van der Waals surface area contributed by atoms with Gasteiger partial charge in [0.15, 0.2) is 5.43 Å². The fourth-order valence-electron chi connectivity index (χ4n) is 2.05. The highest BCUT2D eigenvalue weighted by Gasteiger charge is 2.30. The summed E-state index contributed by atoms with van der Waals surface area (Å²) in [6.45, 7) is 5.75. The molecule has 0 saturated carbocycles. The second-order valence-corrected chi connectivity index (χ2v) is 4.59. The number of nitrogens with zero attached hydrogens (tertiary/aromatic N) is 1. The topological polar surface area (TPSA) is 53.2 Å². The molecule has 2 atom stereocenters. The Morgan fingerprint density at radius 3 is 2.56 bits per heavy atom. The molecule has 1 aliphatic rings. The van der Waals surface area contributed by atoms with Crippen LogP contribution in [0.1, 0.15) is 24.2 Å². The van der Waals surface area contributed by atoms with Gasteiger partial charge in [-0.25, -0.2) is 0 Å². The van der Waals surface area contributed by atoms with Crippen molar-refractivity contribution in [1.29, 1.82) is 0 Å². The summed E-state index contributed by atoms with van der Waals surface area (Å²) in [6.07, 6.45) is 3.02. The van der Waals surface area contributed by atoms with E-state index >= 15 is 0 Å². The van der Waals surface area contributed by atoms with Crippen LogP contribution < -0.4 is 5.43 Å². The van der Waals surface area contributed by atoms with Gasteiger partial charge in [0.1, 0.15) is 5.56 Å². The van der Waals surface area contributed by atoms with E-state index in [-0.39, 0.29) is 16.9 Å². The summed E-state index contributed by atoms with van der Waals surface area (Å²) in [5.74, 6) is 0.858. The van der Waals surface area contributed by atoms with Gasteiger partial charge >= 0.3 is 0 Å². The van der Waals surface area contributed by atoms with E-state index in [0.717, 1.165) is 13.1 Å². The largest absolute Gasteiger partial charge is 0.367 e. The number of aromatic nitrogens is 1. The number of nitrogens with one attached hydrogen (secondary N) is 1. The highest BCUT2D eigenvalue weighted by Crippen LogP contribution is 2.22. The first-order valence-corrected chi connectivity index (χ1v) is 5.56. The lowest BCUT2D eigenvalue weighted by Gasteiger charge is -2.15. The Morgan fingerprint density at radius 2 is 2.00 bits per heavy atom. The lowest BCUT2D eigenvalue weighted by atomic mass is 10.0. The number of aromatic amines is 1. The monoisotopic (exact) mass is 220 g/mol. The zero-order chi connectivity index (χ0) is 11.7. The van der Waals surface area contributed by atoms with Crippen molar-refractivity contribution in [2.45, 2.75) is 13.8 Å². The maximum Gasteiger partial charge on any atom is 0.259 e. The molecule has 0 spiro atoms. The smallest absolute Gasteiger partial charge is 0.259 e. The SMILES string of the molecule is CC1CN(C(=O)c2c[nH]ccc2=O)CC1C. The Balaban J connectivity index is 2.21. The van der Waals surface area contributed by atoms with Crippen molar-refractivity contribution in [2.24, 2.45) is 11.8 Å². The normalized spacial score (nSPS) is 24.8. The van der Waals surface area contributed by atoms with Crippen LogP contribution in [-0.2, 0) is 0 Å². The minimum Gasteiger partial charge on any atom is -0.367 e. The summed E-state index contributed by atoms with van der Waals surface area (Å²) < 4.78 is 0. The van der Waals surface area contributed by atoms with Gasteiger partial charge in [0, 0.05) is 31.5 Å². The van der Waals surface area contributed by atoms with Crippen molar-refractivity contribution in [3.8, 4) is 0 Å². The average Bonchev–Trinajstić information content (AvgIpc) is 2.59. The third-order valence-corrected chi connectivity index (χ3v) is 3.33. The number of hydrogen-bond donors (Lipinski definition) is 1. The lowest BCUT2D eigenvalue weighted by Crippen LogP contribution is -2.32. The number of carbonyl (C=O) groups excluding carboxylic acids is 1. The Bertz CT molecular complexity index is 442. The van der Waals surface area contributed by atoms with Gasteiger partial charge in [-0.15, -0.1) is 0 Å². The van der Waals surface area contributed by atoms with Gasteiger partial charge in [-0.2, -0.15) is 0 Å². The van der Waals surface area contributed by atoms with Crippen molar-refractivity contribution in [2.75, 3.05) is 13.1 Å². The maximum absolute atomic E-state index is 12.1. The predicted octanol–water partition coefficient (Wildman–Crippen LogP) is 1.10. The van der Waals surface area contributed by atoms with Crippen LogP contribution in [0.4, 0.5) is 0 Å². The second-order valence-electron chi connectivity index (χ2n) is 4.59. The molecule has 2 heterocycles. The molecular formula is C12H16N2O2. The van der Waals surface area contributed by atoms with Gasteiger partial charge in [-0.1, -0.05) is 13.8 Å².